The third kappa shape index (κ3) is 4.76. The minimum Gasteiger partial charge on any atom is -0.463 e. The molecule has 0 aliphatic carbocycles. The van der Waals surface area contributed by atoms with E-state index in [1.54, 1.807) is 5.32 Å². The molecule has 0 saturated heterocycles. The van der Waals surface area contributed by atoms with E-state index >= 15 is 0 Å². The van der Waals surface area contributed by atoms with Gasteiger partial charge in [-0.1, -0.05) is 23.7 Å². The molecular weight excluding hydrogens is 423 g/mol. The molecule has 2 N–H and O–H groups in total. The quantitative estimate of drug-likeness (QED) is 0.403. The number of esters is 1. The van der Waals surface area contributed by atoms with E-state index in [0.717, 1.165) is 6.07 Å². The summed E-state index contributed by atoms with van der Waals surface area (Å²) in [7, 11) is 0. The Balaban J connectivity index is 2.57. The molecule has 0 saturated carbocycles. The molecule has 5 nitrogen and oxygen atoms in total. The lowest BCUT2D eigenvalue weighted by Crippen LogP contribution is -2.69. The van der Waals surface area contributed by atoms with Crippen LogP contribution < -0.4 is 10.6 Å². The van der Waals surface area contributed by atoms with Crippen LogP contribution in [0.25, 0.3) is 0 Å². The lowest BCUT2D eigenvalue weighted by Gasteiger charge is -2.35. The van der Waals surface area contributed by atoms with Crippen LogP contribution in [0, 0.1) is 11.6 Å². The average Bonchev–Trinajstić information content (AvgIpc) is 2.62. The minimum absolute atomic E-state index is 0.183. The molecule has 11 heteroatoms. The van der Waals surface area contributed by atoms with Crippen LogP contribution >= 0.6 is 11.6 Å². The number of benzene rings is 2. The van der Waals surface area contributed by atoms with E-state index < -0.39 is 47.6 Å². The van der Waals surface area contributed by atoms with Crippen molar-refractivity contribution in [3.8, 4) is 0 Å². The van der Waals surface area contributed by atoms with E-state index in [0.29, 0.717) is 18.2 Å². The second-order valence-electron chi connectivity index (χ2n) is 5.65. The molecule has 2 rings (SSSR count). The maximum absolute atomic E-state index is 14.0. The van der Waals surface area contributed by atoms with Crippen LogP contribution in [0.4, 0.5) is 27.6 Å². The highest BCUT2D eigenvalue weighted by Crippen LogP contribution is 2.34. The Morgan fingerprint density at radius 3 is 2.31 bits per heavy atom. The van der Waals surface area contributed by atoms with E-state index in [1.807, 2.05) is 0 Å². The van der Waals surface area contributed by atoms with Gasteiger partial charge in [0.15, 0.2) is 0 Å². The molecule has 0 aromatic heterocycles. The minimum atomic E-state index is -5.49. The van der Waals surface area contributed by atoms with Gasteiger partial charge in [0.2, 0.25) is 0 Å². The number of hydrogen-bond acceptors (Lipinski definition) is 4. The molecule has 29 heavy (non-hydrogen) atoms. The summed E-state index contributed by atoms with van der Waals surface area (Å²) >= 11 is 5.83. The number of carbonyl (C=O) groups is 2. The summed E-state index contributed by atoms with van der Waals surface area (Å²) in [6.07, 6.45) is -5.49. The highest BCUT2D eigenvalue weighted by Gasteiger charge is 2.64. The molecule has 2 aromatic carbocycles. The molecule has 1 atom stereocenters. The number of anilines is 1. The van der Waals surface area contributed by atoms with Crippen LogP contribution in [-0.4, -0.2) is 30.3 Å². The number of hydrogen-bond donors (Lipinski definition) is 2. The van der Waals surface area contributed by atoms with Crippen LogP contribution in [0.2, 0.25) is 5.02 Å². The van der Waals surface area contributed by atoms with Crippen LogP contribution in [0.15, 0.2) is 42.5 Å². The molecule has 1 unspecified atom stereocenters. The second-order valence-corrected chi connectivity index (χ2v) is 6.06. The first-order chi connectivity index (χ1) is 13.5. The smallest absolute Gasteiger partial charge is 0.441 e. The molecule has 2 aromatic rings. The molecule has 0 bridgehead atoms. The molecule has 0 heterocycles. The van der Waals surface area contributed by atoms with Gasteiger partial charge < -0.3 is 15.4 Å². The Labute approximate surface area is 166 Å². The number of rotatable bonds is 6. The van der Waals surface area contributed by atoms with Crippen molar-refractivity contribution in [2.75, 3.05) is 11.9 Å². The fourth-order valence-electron chi connectivity index (χ4n) is 2.31. The molecule has 1 amide bonds. The Hall–Kier alpha value is -2.88. The van der Waals surface area contributed by atoms with Crippen molar-refractivity contribution < 1.29 is 36.3 Å². The monoisotopic (exact) mass is 436 g/mol. The first kappa shape index (κ1) is 22.4. The first-order valence-corrected chi connectivity index (χ1v) is 8.44. The lowest BCUT2D eigenvalue weighted by atomic mass is 10.1. The standard InChI is InChI=1S/C18H14ClF5N2O3/c1-2-29-16(28)17(18(22,23)24,25-14-8-7-10(20)9-13(14)21)26-15(27)11-5-3-4-6-12(11)19/h3-9,25H,2H2,1H3,(H,26,27). The molecule has 0 fully saturated rings. The third-order valence-corrected chi connectivity index (χ3v) is 4.01. The maximum atomic E-state index is 14.0. The van der Waals surface area contributed by atoms with E-state index in [9.17, 15) is 31.5 Å². The molecule has 156 valence electrons. The van der Waals surface area contributed by atoms with Crippen LogP contribution in [0.3, 0.4) is 0 Å². The van der Waals surface area contributed by atoms with Crippen LogP contribution in [0.1, 0.15) is 17.3 Å². The van der Waals surface area contributed by atoms with E-state index in [2.05, 4.69) is 4.74 Å². The molecule has 0 aliphatic rings. The van der Waals surface area contributed by atoms with Gasteiger partial charge in [0.1, 0.15) is 11.6 Å². The Morgan fingerprint density at radius 2 is 1.76 bits per heavy atom. The Kier molecular flexibility index (Phi) is 6.68. The molecule has 0 radical (unpaired) electrons. The van der Waals surface area contributed by atoms with Crippen molar-refractivity contribution in [2.24, 2.45) is 0 Å². The van der Waals surface area contributed by atoms with Crippen LogP contribution in [-0.2, 0) is 9.53 Å². The summed E-state index contributed by atoms with van der Waals surface area (Å²) in [5.41, 5.74) is -5.14. The second kappa shape index (κ2) is 8.64. The van der Waals surface area contributed by atoms with Gasteiger partial charge in [0, 0.05) is 6.07 Å². The highest BCUT2D eigenvalue weighted by atomic mass is 35.5. The number of ether oxygens (including phenoxy) is 1. The molecule has 0 spiro atoms. The van der Waals surface area contributed by atoms with Gasteiger partial charge >= 0.3 is 17.8 Å². The van der Waals surface area contributed by atoms with Gasteiger partial charge in [0.05, 0.1) is 22.9 Å². The third-order valence-electron chi connectivity index (χ3n) is 3.68. The summed E-state index contributed by atoms with van der Waals surface area (Å²) < 4.78 is 73.6. The normalized spacial score (nSPS) is 13.3. The van der Waals surface area contributed by atoms with Crippen molar-refractivity contribution in [1.29, 1.82) is 0 Å². The maximum Gasteiger partial charge on any atom is 0.441 e. The van der Waals surface area contributed by atoms with Gasteiger partial charge in [-0.25, -0.2) is 13.6 Å². The number of nitrogens with one attached hydrogen (secondary N) is 2. The summed E-state index contributed by atoms with van der Waals surface area (Å²) in [5, 5.41) is 2.94. The van der Waals surface area contributed by atoms with E-state index in [-0.39, 0.29) is 10.6 Å². The SMILES string of the molecule is CCOC(=O)C(NC(=O)c1ccccc1Cl)(Nc1ccc(F)cc1F)C(F)(F)F. The Bertz CT molecular complexity index is 923. The predicted octanol–water partition coefficient (Wildman–Crippen LogP) is 4.28. The number of amides is 1. The van der Waals surface area contributed by atoms with Gasteiger partial charge in [-0.3, -0.25) is 4.79 Å². The van der Waals surface area contributed by atoms with Crippen molar-refractivity contribution in [1.82, 2.24) is 5.32 Å². The zero-order valence-electron chi connectivity index (χ0n) is 14.7. The summed E-state index contributed by atoms with van der Waals surface area (Å²) in [4.78, 5) is 24.8. The molecular formula is C18H14ClF5N2O3. The van der Waals surface area contributed by atoms with Crippen molar-refractivity contribution >= 4 is 29.2 Å². The van der Waals surface area contributed by atoms with Crippen molar-refractivity contribution in [3.05, 3.63) is 64.7 Å². The first-order valence-electron chi connectivity index (χ1n) is 8.06. The number of carbonyl (C=O) groups excluding carboxylic acids is 2. The van der Waals surface area contributed by atoms with Gasteiger partial charge in [-0.2, -0.15) is 13.2 Å². The summed E-state index contributed by atoms with van der Waals surface area (Å²) in [6, 6.07) is 6.79. The summed E-state index contributed by atoms with van der Waals surface area (Å²) in [5.74, 6) is -5.80. The summed E-state index contributed by atoms with van der Waals surface area (Å²) in [6.45, 7) is 0.777. The fourth-order valence-corrected chi connectivity index (χ4v) is 2.53. The average molecular weight is 437 g/mol. The van der Waals surface area contributed by atoms with Crippen molar-refractivity contribution in [3.63, 3.8) is 0 Å². The lowest BCUT2D eigenvalue weighted by molar-refractivity contribution is -0.204. The number of halogens is 6. The number of alkyl halides is 3. The van der Waals surface area contributed by atoms with E-state index in [1.165, 1.54) is 30.4 Å². The van der Waals surface area contributed by atoms with Crippen LogP contribution in [0.5, 0.6) is 0 Å². The Morgan fingerprint density at radius 1 is 1.10 bits per heavy atom. The fraction of sp³-hybridized carbons (Fsp3) is 0.222. The predicted molar refractivity (Wildman–Crippen MR) is 94.3 cm³/mol. The largest absolute Gasteiger partial charge is 0.463 e. The highest BCUT2D eigenvalue weighted by molar-refractivity contribution is 6.33. The van der Waals surface area contributed by atoms with Gasteiger partial charge in [-0.15, -0.1) is 0 Å². The van der Waals surface area contributed by atoms with Gasteiger partial charge in [-0.05, 0) is 31.2 Å². The van der Waals surface area contributed by atoms with Gasteiger partial charge in [0.25, 0.3) is 5.91 Å². The van der Waals surface area contributed by atoms with Crippen molar-refractivity contribution in [2.45, 2.75) is 18.8 Å². The topological polar surface area (TPSA) is 67.4 Å². The zero-order valence-corrected chi connectivity index (χ0v) is 15.5. The zero-order chi connectivity index (χ0) is 21.8. The van der Waals surface area contributed by atoms with E-state index in [4.69, 9.17) is 11.6 Å². The molecule has 0 aliphatic heterocycles.